The second-order valence-corrected chi connectivity index (χ2v) is 4.95. The molecule has 1 aromatic rings. The molecule has 0 aromatic heterocycles. The molecule has 1 aromatic carbocycles. The molecule has 1 N–H and O–H groups in total. The third kappa shape index (κ3) is 3.74. The van der Waals surface area contributed by atoms with Crippen LogP contribution in [-0.2, 0) is 6.42 Å². The highest BCUT2D eigenvalue weighted by Gasteiger charge is 2.25. The molecular formula is C15H23NO. The number of hydrogen-bond donors (Lipinski definition) is 1. The van der Waals surface area contributed by atoms with E-state index in [1.165, 1.54) is 24.8 Å². The van der Waals surface area contributed by atoms with Gasteiger partial charge in [0.15, 0.2) is 0 Å². The first-order chi connectivity index (χ1) is 8.33. The summed E-state index contributed by atoms with van der Waals surface area (Å²) in [6, 6.07) is 8.96. The Kier molecular flexibility index (Phi) is 4.43. The maximum absolute atomic E-state index is 5.42. The zero-order valence-electron chi connectivity index (χ0n) is 10.9. The summed E-state index contributed by atoms with van der Waals surface area (Å²) < 4.78 is 5.42. The molecule has 1 atom stereocenters. The Bertz CT molecular complexity index is 347. The molecule has 94 valence electrons. The fraction of sp³-hybridized carbons (Fsp3) is 0.600. The zero-order valence-corrected chi connectivity index (χ0v) is 10.9. The Balaban J connectivity index is 1.99. The Morgan fingerprint density at radius 3 is 2.76 bits per heavy atom. The van der Waals surface area contributed by atoms with E-state index < -0.39 is 0 Å². The summed E-state index contributed by atoms with van der Waals surface area (Å²) in [4.78, 5) is 0. The Hall–Kier alpha value is -1.02. The molecule has 1 aliphatic rings. The van der Waals surface area contributed by atoms with E-state index in [4.69, 9.17) is 4.74 Å². The number of hydrogen-bond acceptors (Lipinski definition) is 2. The highest BCUT2D eigenvalue weighted by molar-refractivity contribution is 5.33. The van der Waals surface area contributed by atoms with Crippen molar-refractivity contribution in [1.82, 2.24) is 5.32 Å². The van der Waals surface area contributed by atoms with Crippen LogP contribution in [0, 0.1) is 5.92 Å². The SMILES string of the molecule is CCNC(Cc1ccccc1OC)CC1CC1. The van der Waals surface area contributed by atoms with Crippen LogP contribution in [0.3, 0.4) is 0 Å². The molecule has 0 bridgehead atoms. The van der Waals surface area contributed by atoms with E-state index in [0.717, 1.165) is 24.6 Å². The second kappa shape index (κ2) is 6.06. The number of nitrogens with one attached hydrogen (secondary N) is 1. The first-order valence-electron chi connectivity index (χ1n) is 6.68. The van der Waals surface area contributed by atoms with Crippen LogP contribution >= 0.6 is 0 Å². The summed E-state index contributed by atoms with van der Waals surface area (Å²) in [6.45, 7) is 3.23. The van der Waals surface area contributed by atoms with Crippen LogP contribution in [0.15, 0.2) is 24.3 Å². The third-order valence-corrected chi connectivity index (χ3v) is 3.47. The minimum atomic E-state index is 0.601. The lowest BCUT2D eigenvalue weighted by atomic mass is 10.0. The van der Waals surface area contributed by atoms with Gasteiger partial charge in [0, 0.05) is 6.04 Å². The van der Waals surface area contributed by atoms with Crippen molar-refractivity contribution in [3.05, 3.63) is 29.8 Å². The third-order valence-electron chi connectivity index (χ3n) is 3.47. The molecule has 2 rings (SSSR count). The van der Waals surface area contributed by atoms with E-state index in [9.17, 15) is 0 Å². The number of rotatable bonds is 7. The summed E-state index contributed by atoms with van der Waals surface area (Å²) in [6.07, 6.45) is 5.24. The van der Waals surface area contributed by atoms with Gasteiger partial charge < -0.3 is 10.1 Å². The van der Waals surface area contributed by atoms with Gasteiger partial charge in [0.2, 0.25) is 0 Å². The van der Waals surface area contributed by atoms with Crippen LogP contribution in [-0.4, -0.2) is 19.7 Å². The molecule has 0 amide bonds. The van der Waals surface area contributed by atoms with Crippen molar-refractivity contribution in [3.63, 3.8) is 0 Å². The highest BCUT2D eigenvalue weighted by Crippen LogP contribution is 2.34. The molecule has 2 heteroatoms. The van der Waals surface area contributed by atoms with Crippen molar-refractivity contribution >= 4 is 0 Å². The van der Waals surface area contributed by atoms with E-state index in [2.05, 4.69) is 30.4 Å². The first-order valence-corrected chi connectivity index (χ1v) is 6.68. The van der Waals surface area contributed by atoms with Gasteiger partial charge in [0.25, 0.3) is 0 Å². The van der Waals surface area contributed by atoms with Crippen LogP contribution in [0.4, 0.5) is 0 Å². The molecule has 1 saturated carbocycles. The van der Waals surface area contributed by atoms with Crippen molar-refractivity contribution in [2.75, 3.05) is 13.7 Å². The zero-order chi connectivity index (χ0) is 12.1. The number of ether oxygens (including phenoxy) is 1. The van der Waals surface area contributed by atoms with E-state index in [0.29, 0.717) is 6.04 Å². The molecule has 2 nitrogen and oxygen atoms in total. The maximum atomic E-state index is 5.42. The summed E-state index contributed by atoms with van der Waals surface area (Å²) in [7, 11) is 1.75. The Labute approximate surface area is 104 Å². The van der Waals surface area contributed by atoms with E-state index >= 15 is 0 Å². The van der Waals surface area contributed by atoms with Crippen LogP contribution < -0.4 is 10.1 Å². The van der Waals surface area contributed by atoms with Gasteiger partial charge in [-0.1, -0.05) is 38.0 Å². The van der Waals surface area contributed by atoms with E-state index in [1.54, 1.807) is 7.11 Å². The highest BCUT2D eigenvalue weighted by atomic mass is 16.5. The number of likely N-dealkylation sites (N-methyl/N-ethyl adjacent to an activating group) is 1. The van der Waals surface area contributed by atoms with E-state index in [-0.39, 0.29) is 0 Å². The molecular weight excluding hydrogens is 210 g/mol. The standard InChI is InChI=1S/C15H23NO/c1-3-16-14(10-12-8-9-12)11-13-6-4-5-7-15(13)17-2/h4-7,12,14,16H,3,8-11H2,1-2H3. The smallest absolute Gasteiger partial charge is 0.122 e. The van der Waals surface area contributed by atoms with Gasteiger partial charge in [-0.05, 0) is 36.9 Å². The fourth-order valence-corrected chi connectivity index (χ4v) is 2.42. The van der Waals surface area contributed by atoms with Gasteiger partial charge in [0.1, 0.15) is 5.75 Å². The quantitative estimate of drug-likeness (QED) is 0.781. The molecule has 1 aliphatic carbocycles. The Morgan fingerprint density at radius 2 is 2.12 bits per heavy atom. The van der Waals surface area contributed by atoms with Crippen LogP contribution in [0.2, 0.25) is 0 Å². The molecule has 0 heterocycles. The lowest BCUT2D eigenvalue weighted by Gasteiger charge is -2.19. The van der Waals surface area contributed by atoms with Crippen LogP contribution in [0.5, 0.6) is 5.75 Å². The van der Waals surface area contributed by atoms with Gasteiger partial charge in [-0.15, -0.1) is 0 Å². The monoisotopic (exact) mass is 233 g/mol. The summed E-state index contributed by atoms with van der Waals surface area (Å²) >= 11 is 0. The minimum Gasteiger partial charge on any atom is -0.496 e. The topological polar surface area (TPSA) is 21.3 Å². The minimum absolute atomic E-state index is 0.601. The molecule has 0 aliphatic heterocycles. The van der Waals surface area contributed by atoms with E-state index in [1.807, 2.05) is 6.07 Å². The van der Waals surface area contributed by atoms with Gasteiger partial charge in [-0.25, -0.2) is 0 Å². The lowest BCUT2D eigenvalue weighted by Crippen LogP contribution is -2.31. The summed E-state index contributed by atoms with van der Waals surface area (Å²) in [5.74, 6) is 1.99. The van der Waals surface area contributed by atoms with Crippen molar-refractivity contribution in [2.24, 2.45) is 5.92 Å². The van der Waals surface area contributed by atoms with Crippen LogP contribution in [0.25, 0.3) is 0 Å². The predicted molar refractivity (Wildman–Crippen MR) is 71.5 cm³/mol. The average molecular weight is 233 g/mol. The van der Waals surface area contributed by atoms with Crippen molar-refractivity contribution in [1.29, 1.82) is 0 Å². The fourth-order valence-electron chi connectivity index (χ4n) is 2.42. The number of para-hydroxylation sites is 1. The first kappa shape index (κ1) is 12.4. The van der Waals surface area contributed by atoms with Crippen LogP contribution in [0.1, 0.15) is 31.7 Å². The van der Waals surface area contributed by atoms with Crippen molar-refractivity contribution in [2.45, 2.75) is 38.6 Å². The molecule has 17 heavy (non-hydrogen) atoms. The largest absolute Gasteiger partial charge is 0.496 e. The maximum Gasteiger partial charge on any atom is 0.122 e. The normalized spacial score (nSPS) is 16.8. The summed E-state index contributed by atoms with van der Waals surface area (Å²) in [5, 5.41) is 3.60. The van der Waals surface area contributed by atoms with Crippen molar-refractivity contribution < 1.29 is 4.74 Å². The number of methoxy groups -OCH3 is 1. The molecule has 0 radical (unpaired) electrons. The lowest BCUT2D eigenvalue weighted by molar-refractivity contribution is 0.401. The Morgan fingerprint density at radius 1 is 1.35 bits per heavy atom. The molecule has 1 fully saturated rings. The number of benzene rings is 1. The van der Waals surface area contributed by atoms with Gasteiger partial charge in [-0.2, -0.15) is 0 Å². The van der Waals surface area contributed by atoms with Gasteiger partial charge in [0.05, 0.1) is 7.11 Å². The predicted octanol–water partition coefficient (Wildman–Crippen LogP) is 3.02. The van der Waals surface area contributed by atoms with Gasteiger partial charge in [-0.3, -0.25) is 0 Å². The second-order valence-electron chi connectivity index (χ2n) is 4.95. The van der Waals surface area contributed by atoms with Crippen molar-refractivity contribution in [3.8, 4) is 5.75 Å². The summed E-state index contributed by atoms with van der Waals surface area (Å²) in [5.41, 5.74) is 1.32. The molecule has 0 saturated heterocycles. The average Bonchev–Trinajstić information content (AvgIpc) is 3.14. The molecule has 1 unspecified atom stereocenters. The molecule has 0 spiro atoms. The van der Waals surface area contributed by atoms with Gasteiger partial charge >= 0.3 is 0 Å².